The van der Waals surface area contributed by atoms with E-state index in [0.29, 0.717) is 0 Å². The third-order valence-corrected chi connectivity index (χ3v) is 20.6. The maximum Gasteiger partial charge on any atom is 0.341 e. The molecule has 1 atom stereocenters. The molecule has 0 fully saturated rings. The lowest BCUT2D eigenvalue weighted by Crippen LogP contribution is -2.56. The molecule has 1 aromatic carbocycles. The Labute approximate surface area is 277 Å². The Morgan fingerprint density at radius 2 is 1.47 bits per heavy atom. The maximum atomic E-state index is 6.20. The molecule has 1 rings (SSSR count). The van der Waals surface area contributed by atoms with Crippen molar-refractivity contribution in [1.29, 1.82) is 0 Å². The van der Waals surface area contributed by atoms with Crippen LogP contribution in [0.2, 0.25) is 57.9 Å². The van der Waals surface area contributed by atoms with Gasteiger partial charge in [0.1, 0.15) is 0 Å². The molecule has 6 radical (unpaired) electrons. The van der Waals surface area contributed by atoms with E-state index in [1.807, 2.05) is 14.2 Å². The molecule has 0 aromatic heterocycles. The van der Waals surface area contributed by atoms with Crippen LogP contribution in [0.1, 0.15) is 57.7 Å². The van der Waals surface area contributed by atoms with Crippen LogP contribution in [0.25, 0.3) is 0 Å². The van der Waals surface area contributed by atoms with Crippen molar-refractivity contribution in [2.75, 3.05) is 58.1 Å². The van der Waals surface area contributed by atoms with E-state index in [4.69, 9.17) is 17.7 Å². The standard InChI is InChI=1S/C31H64N2O4Si6/c1-15-33(16-2)28-26(20-22-39-24-32-21-19-23-42(13,36-17-3)37-18-4)29(38-8)31(41(11)12)27(30(28)40(9)10)25(5)43(14,34-6)35-7/h25,32H,15-24H2,1-14H3. The van der Waals surface area contributed by atoms with Crippen LogP contribution in [0, 0.1) is 0 Å². The van der Waals surface area contributed by atoms with Crippen molar-refractivity contribution in [2.45, 2.75) is 111 Å². The summed E-state index contributed by atoms with van der Waals surface area (Å²) in [5.41, 5.74) is 5.11. The second kappa shape index (κ2) is 20.4. The average molecular weight is 697 g/mol. The molecule has 0 heterocycles. The van der Waals surface area contributed by atoms with E-state index in [1.54, 1.807) is 32.4 Å². The molecular formula is C31H64N2O4Si6. The number of rotatable bonds is 23. The van der Waals surface area contributed by atoms with Gasteiger partial charge in [0.15, 0.2) is 0 Å². The van der Waals surface area contributed by atoms with Gasteiger partial charge in [-0.3, -0.25) is 0 Å². The summed E-state index contributed by atoms with van der Waals surface area (Å²) in [6.45, 7) is 32.7. The fraction of sp³-hybridized carbons (Fsp3) is 0.806. The van der Waals surface area contributed by atoms with Crippen molar-refractivity contribution in [1.82, 2.24) is 5.32 Å². The minimum atomic E-state index is -2.40. The maximum absolute atomic E-state index is 6.20. The van der Waals surface area contributed by atoms with Gasteiger partial charge in [-0.15, -0.1) is 0 Å². The summed E-state index contributed by atoms with van der Waals surface area (Å²) < 4.78 is 24.4. The van der Waals surface area contributed by atoms with Crippen LogP contribution >= 0.6 is 0 Å². The van der Waals surface area contributed by atoms with Crippen molar-refractivity contribution < 1.29 is 17.7 Å². The van der Waals surface area contributed by atoms with Crippen LogP contribution in [0.3, 0.4) is 0 Å². The molecule has 0 aliphatic carbocycles. The molecule has 0 bridgehead atoms. The molecule has 6 nitrogen and oxygen atoms in total. The molecule has 0 aliphatic heterocycles. The lowest BCUT2D eigenvalue weighted by molar-refractivity contribution is 0.188. The lowest BCUT2D eigenvalue weighted by Gasteiger charge is -2.39. The van der Waals surface area contributed by atoms with Crippen molar-refractivity contribution >= 4 is 75.0 Å². The summed E-state index contributed by atoms with van der Waals surface area (Å²) in [6, 6.07) is 2.30. The zero-order chi connectivity index (χ0) is 32.8. The molecule has 12 heteroatoms. The van der Waals surface area contributed by atoms with E-state index in [9.17, 15) is 0 Å². The Morgan fingerprint density at radius 3 is 1.91 bits per heavy atom. The van der Waals surface area contributed by atoms with Crippen LogP contribution < -0.4 is 25.8 Å². The predicted molar refractivity (Wildman–Crippen MR) is 201 cm³/mol. The third-order valence-electron chi connectivity index (χ3n) is 8.66. The van der Waals surface area contributed by atoms with Gasteiger partial charge in [0.05, 0.1) is 36.6 Å². The Bertz CT molecular complexity index is 940. The predicted octanol–water partition coefficient (Wildman–Crippen LogP) is 4.59. The lowest BCUT2D eigenvalue weighted by atomic mass is 10.0. The highest BCUT2D eigenvalue weighted by Gasteiger charge is 2.42. The topological polar surface area (TPSA) is 52.2 Å². The first kappa shape index (κ1) is 41.1. The number of benzene rings is 1. The van der Waals surface area contributed by atoms with E-state index in [1.165, 1.54) is 12.5 Å². The average Bonchev–Trinajstić information content (AvgIpc) is 2.97. The summed E-state index contributed by atoms with van der Waals surface area (Å²) in [5.74, 6) is 0. The number of anilines is 1. The Balaban J connectivity index is 3.39. The Hall–Kier alpha value is 0.121. The number of nitrogens with one attached hydrogen (secondary N) is 1. The fourth-order valence-corrected chi connectivity index (χ4v) is 16.9. The highest BCUT2D eigenvalue weighted by atomic mass is 28.4. The zero-order valence-electron chi connectivity index (χ0n) is 30.2. The smallest absolute Gasteiger partial charge is 0.341 e. The third kappa shape index (κ3) is 11.1. The first-order valence-electron chi connectivity index (χ1n) is 16.4. The highest BCUT2D eigenvalue weighted by molar-refractivity contribution is 6.81. The Morgan fingerprint density at radius 1 is 0.907 bits per heavy atom. The molecule has 1 N–H and O–H groups in total. The van der Waals surface area contributed by atoms with Gasteiger partial charge < -0.3 is 27.9 Å². The van der Waals surface area contributed by atoms with E-state index >= 15 is 0 Å². The molecule has 1 unspecified atom stereocenters. The number of hydrogen-bond acceptors (Lipinski definition) is 6. The van der Waals surface area contributed by atoms with E-state index in [2.05, 4.69) is 90.7 Å². The quantitative estimate of drug-likeness (QED) is 0.134. The first-order valence-corrected chi connectivity index (χ1v) is 29.3. The molecular weight excluding hydrogens is 633 g/mol. The van der Waals surface area contributed by atoms with Gasteiger partial charge in [-0.1, -0.05) is 56.1 Å². The van der Waals surface area contributed by atoms with E-state index < -0.39 is 34.7 Å². The second-order valence-electron chi connectivity index (χ2n) is 12.0. The number of hydrogen-bond donors (Lipinski definition) is 1. The molecule has 0 aliphatic rings. The molecule has 0 amide bonds. The summed E-state index contributed by atoms with van der Waals surface area (Å²) in [6.07, 6.45) is 3.39. The van der Waals surface area contributed by atoms with Crippen molar-refractivity contribution in [3.05, 3.63) is 11.1 Å². The highest BCUT2D eigenvalue weighted by Crippen LogP contribution is 2.31. The monoisotopic (exact) mass is 696 g/mol. The van der Waals surface area contributed by atoms with Gasteiger partial charge in [-0.25, -0.2) is 0 Å². The summed E-state index contributed by atoms with van der Waals surface area (Å²) in [4.78, 5) is 2.67. The Kier molecular flexibility index (Phi) is 19.5. The van der Waals surface area contributed by atoms with Crippen LogP contribution in [0.5, 0.6) is 0 Å². The van der Waals surface area contributed by atoms with Gasteiger partial charge in [0.25, 0.3) is 0 Å². The van der Waals surface area contributed by atoms with Gasteiger partial charge in [-0.2, -0.15) is 0 Å². The van der Waals surface area contributed by atoms with Crippen molar-refractivity contribution in [3.63, 3.8) is 0 Å². The van der Waals surface area contributed by atoms with Gasteiger partial charge >= 0.3 is 17.1 Å². The van der Waals surface area contributed by atoms with Crippen LogP contribution in [0.15, 0.2) is 0 Å². The first-order chi connectivity index (χ1) is 20.4. The minimum Gasteiger partial charge on any atom is -0.397 e. The number of nitrogens with zero attached hydrogens (tertiary/aromatic N) is 1. The molecule has 0 saturated carbocycles. The van der Waals surface area contributed by atoms with E-state index in [0.717, 1.165) is 70.5 Å². The minimum absolute atomic E-state index is 0.284. The van der Waals surface area contributed by atoms with Gasteiger partial charge in [-0.05, 0) is 88.7 Å². The van der Waals surface area contributed by atoms with Crippen molar-refractivity contribution in [2.24, 2.45) is 0 Å². The van der Waals surface area contributed by atoms with E-state index in [-0.39, 0.29) is 5.54 Å². The largest absolute Gasteiger partial charge is 0.397 e. The van der Waals surface area contributed by atoms with Crippen LogP contribution in [0.4, 0.5) is 5.69 Å². The summed E-state index contributed by atoms with van der Waals surface area (Å²) in [5, 5.41) is 8.74. The molecule has 0 spiro atoms. The van der Waals surface area contributed by atoms with Crippen LogP contribution in [-0.4, -0.2) is 107 Å². The molecule has 43 heavy (non-hydrogen) atoms. The molecule has 246 valence electrons. The molecule has 1 aromatic rings. The zero-order valence-corrected chi connectivity index (χ0v) is 36.2. The normalized spacial score (nSPS) is 13.4. The van der Waals surface area contributed by atoms with Gasteiger partial charge in [0.2, 0.25) is 0 Å². The van der Waals surface area contributed by atoms with Crippen molar-refractivity contribution in [3.8, 4) is 0 Å². The van der Waals surface area contributed by atoms with Crippen LogP contribution in [-0.2, 0) is 24.1 Å². The summed E-state index contributed by atoms with van der Waals surface area (Å²) >= 11 is 0. The SMILES string of the molecule is CCO[Si](C)(CCCNC[Si]CCc1c([Si]C)c([Si](C)C)c(C(C)[Si](C)(OC)OC)c([Si](C)C)c1N(CC)CC)OCC. The second-order valence-corrected chi connectivity index (χ2v) is 26.4. The fourth-order valence-electron chi connectivity index (χ4n) is 6.18. The van der Waals surface area contributed by atoms with Gasteiger partial charge in [0, 0.05) is 51.8 Å². The summed E-state index contributed by atoms with van der Waals surface area (Å²) in [7, 11) is -0.464. The molecule has 0 saturated heterocycles.